The zero-order valence-corrected chi connectivity index (χ0v) is 66.8. The van der Waals surface area contributed by atoms with E-state index in [1.807, 2.05) is 12.2 Å². The summed E-state index contributed by atoms with van der Waals surface area (Å²) in [5.41, 5.74) is 0. The Bertz CT molecular complexity index is 2210. The quantitative estimate of drug-likeness (QED) is 0.0169. The number of phosphoric acid groups is 2. The Hall–Kier alpha value is -3.50. The highest BCUT2D eigenvalue weighted by Crippen LogP contribution is 2.45. The van der Waals surface area contributed by atoms with Crippen LogP contribution in [0.2, 0.25) is 0 Å². The Morgan fingerprint density at radius 3 is 0.794 bits per heavy atom. The summed E-state index contributed by atoms with van der Waals surface area (Å²) in [4.78, 5) is 73.0. The van der Waals surface area contributed by atoms with Crippen LogP contribution in [0.5, 0.6) is 0 Å². The van der Waals surface area contributed by atoms with Crippen molar-refractivity contribution in [2.75, 3.05) is 39.6 Å². The Morgan fingerprint density at radius 1 is 0.275 bits per heavy atom. The van der Waals surface area contributed by atoms with Crippen LogP contribution in [0.1, 0.15) is 374 Å². The van der Waals surface area contributed by atoms with E-state index in [-0.39, 0.29) is 25.7 Å². The van der Waals surface area contributed by atoms with Gasteiger partial charge in [0.05, 0.1) is 26.4 Å². The van der Waals surface area contributed by atoms with Gasteiger partial charge in [0.25, 0.3) is 0 Å². The Kier molecular flexibility index (Phi) is 73.1. The van der Waals surface area contributed by atoms with Crippen molar-refractivity contribution < 1.29 is 80.2 Å². The lowest BCUT2D eigenvalue weighted by Crippen LogP contribution is -2.30. The number of carbonyl (C=O) groups is 4. The van der Waals surface area contributed by atoms with Crippen molar-refractivity contribution in [3.63, 3.8) is 0 Å². The first kappa shape index (κ1) is 98.5. The van der Waals surface area contributed by atoms with Crippen molar-refractivity contribution in [1.82, 2.24) is 0 Å². The van der Waals surface area contributed by atoms with Crippen molar-refractivity contribution in [3.05, 3.63) is 72.9 Å². The highest BCUT2D eigenvalue weighted by atomic mass is 31.2. The second kappa shape index (κ2) is 75.7. The number of unbranched alkanes of at least 4 members (excludes halogenated alkanes) is 40. The van der Waals surface area contributed by atoms with Crippen LogP contribution in [0.15, 0.2) is 72.9 Å². The number of ether oxygens (including phenoxy) is 4. The second-order valence-electron chi connectivity index (χ2n) is 27.7. The van der Waals surface area contributed by atoms with Gasteiger partial charge in [-0.15, -0.1) is 0 Å². The minimum Gasteiger partial charge on any atom is -0.462 e. The molecule has 0 bridgehead atoms. The molecule has 0 amide bonds. The van der Waals surface area contributed by atoms with E-state index in [0.29, 0.717) is 32.1 Å². The summed E-state index contributed by atoms with van der Waals surface area (Å²) in [5.74, 6) is -2.22. The molecule has 2 unspecified atom stereocenters. The van der Waals surface area contributed by atoms with Gasteiger partial charge in [-0.25, -0.2) is 9.13 Å². The first-order valence-corrected chi connectivity index (χ1v) is 44.2. The molecule has 3 N–H and O–H groups in total. The van der Waals surface area contributed by atoms with Gasteiger partial charge in [0.2, 0.25) is 0 Å². The fourth-order valence-electron chi connectivity index (χ4n) is 11.4. The minimum absolute atomic E-state index is 0.0186. The van der Waals surface area contributed by atoms with E-state index in [9.17, 15) is 43.2 Å². The maximum Gasteiger partial charge on any atom is 0.472 e. The van der Waals surface area contributed by atoms with Gasteiger partial charge >= 0.3 is 39.5 Å². The van der Waals surface area contributed by atoms with Crippen molar-refractivity contribution in [3.8, 4) is 0 Å². The molecule has 17 nitrogen and oxygen atoms in total. The van der Waals surface area contributed by atoms with Gasteiger partial charge in [0.15, 0.2) is 12.2 Å². The maximum atomic E-state index is 13.1. The second-order valence-corrected chi connectivity index (χ2v) is 30.6. The van der Waals surface area contributed by atoms with Crippen molar-refractivity contribution >= 4 is 39.5 Å². The fraction of sp³-hybridized carbons (Fsp3) is 0.807. The molecule has 594 valence electrons. The predicted molar refractivity (Wildman–Crippen MR) is 418 cm³/mol. The number of hydrogen-bond acceptors (Lipinski definition) is 15. The van der Waals surface area contributed by atoms with Crippen molar-refractivity contribution in [1.29, 1.82) is 0 Å². The lowest BCUT2D eigenvalue weighted by Gasteiger charge is -2.21. The molecule has 102 heavy (non-hydrogen) atoms. The van der Waals surface area contributed by atoms with Gasteiger partial charge in [-0.2, -0.15) is 0 Å². The standard InChI is InChI=1S/C83H150O17P2/c1-5-9-13-17-21-25-29-33-37-38-42-46-50-54-58-62-66-70-83(88)100-79(74-94-81(86)68-64-60-56-52-48-44-40-35-31-27-23-19-15-11-7-3)76-98-102(91,92)96-72-77(84)71-95-101(89,90)97-75-78(99-82(87)69-65-61-57-53-49-45-41-36-32-28-24-20-16-12-8-4)73-93-80(85)67-63-59-55-51-47-43-39-34-30-26-22-18-14-10-6-2/h21,23,25,27,33,35,37,40,42,46,54,58,77-79,84H,5-20,22,24,26,28-32,34,36,38-39,41,43-45,47-53,55-57,59-76H2,1-4H3,(H,89,90)(H,91,92)/b25-21-,27-23-,37-33-,40-35-,46-42-,58-54-/t77-,78+,79+/m0/s1. The summed E-state index contributed by atoms with van der Waals surface area (Å²) in [6.45, 7) is 4.83. The third-order valence-corrected chi connectivity index (χ3v) is 19.6. The fourth-order valence-corrected chi connectivity index (χ4v) is 12.9. The predicted octanol–water partition coefficient (Wildman–Crippen LogP) is 24.0. The average molecular weight is 1480 g/mol. The van der Waals surface area contributed by atoms with Crippen LogP contribution < -0.4 is 0 Å². The average Bonchev–Trinajstić information content (AvgIpc) is 0.917. The highest BCUT2D eigenvalue weighted by molar-refractivity contribution is 7.47. The molecule has 0 saturated carbocycles. The van der Waals surface area contributed by atoms with E-state index in [4.69, 9.17) is 37.0 Å². The van der Waals surface area contributed by atoms with Crippen LogP contribution in [0.25, 0.3) is 0 Å². The molecule has 5 atom stereocenters. The molecule has 0 aromatic rings. The molecule has 0 aromatic carbocycles. The van der Waals surface area contributed by atoms with E-state index in [1.165, 1.54) is 173 Å². The van der Waals surface area contributed by atoms with Crippen molar-refractivity contribution in [2.24, 2.45) is 0 Å². The van der Waals surface area contributed by atoms with Gasteiger partial charge in [0, 0.05) is 25.7 Å². The summed E-state index contributed by atoms with van der Waals surface area (Å²) in [6.07, 6.45) is 77.3. The molecule has 0 aliphatic rings. The van der Waals surface area contributed by atoms with Crippen LogP contribution in [-0.2, 0) is 65.4 Å². The molecule has 19 heteroatoms. The van der Waals surface area contributed by atoms with Gasteiger partial charge < -0.3 is 33.8 Å². The zero-order valence-electron chi connectivity index (χ0n) is 65.0. The first-order valence-electron chi connectivity index (χ1n) is 41.2. The zero-order chi connectivity index (χ0) is 74.6. The summed E-state index contributed by atoms with van der Waals surface area (Å²) >= 11 is 0. The molecule has 0 rings (SSSR count). The molecule has 0 aromatic heterocycles. The van der Waals surface area contributed by atoms with Gasteiger partial charge in [0.1, 0.15) is 19.3 Å². The molecule has 0 aliphatic heterocycles. The molecular formula is C83H150O17P2. The molecule has 0 fully saturated rings. The van der Waals surface area contributed by atoms with E-state index in [2.05, 4.69) is 88.5 Å². The highest BCUT2D eigenvalue weighted by Gasteiger charge is 2.30. The van der Waals surface area contributed by atoms with E-state index >= 15 is 0 Å². The monoisotopic (exact) mass is 1480 g/mol. The third kappa shape index (κ3) is 74.8. The van der Waals surface area contributed by atoms with Crippen LogP contribution in [0.3, 0.4) is 0 Å². The lowest BCUT2D eigenvalue weighted by atomic mass is 10.0. The Balaban J connectivity index is 5.39. The van der Waals surface area contributed by atoms with E-state index in [1.54, 1.807) is 0 Å². The molecular weight excluding hydrogens is 1330 g/mol. The Morgan fingerprint density at radius 2 is 0.490 bits per heavy atom. The lowest BCUT2D eigenvalue weighted by molar-refractivity contribution is -0.161. The number of esters is 4. The maximum absolute atomic E-state index is 13.1. The number of hydrogen-bond donors (Lipinski definition) is 3. The number of aliphatic hydroxyl groups is 1. The van der Waals surface area contributed by atoms with Crippen LogP contribution in [0, 0.1) is 0 Å². The van der Waals surface area contributed by atoms with Gasteiger partial charge in [-0.3, -0.25) is 37.3 Å². The van der Waals surface area contributed by atoms with Gasteiger partial charge in [-0.05, 0) is 96.3 Å². The summed E-state index contributed by atoms with van der Waals surface area (Å²) in [6, 6.07) is 0. The summed E-state index contributed by atoms with van der Waals surface area (Å²) in [5, 5.41) is 10.6. The van der Waals surface area contributed by atoms with Gasteiger partial charge in [-0.1, -0.05) is 325 Å². The molecule has 0 spiro atoms. The number of allylic oxidation sites excluding steroid dienone is 12. The number of carbonyl (C=O) groups excluding carboxylic acids is 4. The number of rotatable bonds is 78. The van der Waals surface area contributed by atoms with Crippen LogP contribution in [0.4, 0.5) is 0 Å². The van der Waals surface area contributed by atoms with E-state index < -0.39 is 97.5 Å². The van der Waals surface area contributed by atoms with Crippen molar-refractivity contribution in [2.45, 2.75) is 393 Å². The topological polar surface area (TPSA) is 237 Å². The SMILES string of the molecule is CCCCC/C=C\C/C=C\C/C=C\C/C=C\CCCC(=O)O[C@H](COC(=O)CCCCCCC/C=C\C/C=C\CCCCC)COP(=O)(O)OC[C@@H](O)COP(=O)(O)OC[C@@H](COC(=O)CCCCCCCCCCCCCCCCC)OC(=O)CCCCCCCCCCCCCCCCC. The van der Waals surface area contributed by atoms with Crippen LogP contribution >= 0.6 is 15.6 Å². The van der Waals surface area contributed by atoms with E-state index in [0.717, 1.165) is 116 Å². The molecule has 0 aliphatic carbocycles. The minimum atomic E-state index is -4.99. The molecule has 0 heterocycles. The molecule has 0 saturated heterocycles. The summed E-state index contributed by atoms with van der Waals surface area (Å²) < 4.78 is 68.6. The van der Waals surface area contributed by atoms with Crippen LogP contribution in [-0.4, -0.2) is 96.7 Å². The number of phosphoric ester groups is 2. The largest absolute Gasteiger partial charge is 0.472 e. The normalized spacial score (nSPS) is 14.2. The smallest absolute Gasteiger partial charge is 0.462 e. The molecule has 0 radical (unpaired) electrons. The Labute approximate surface area is 622 Å². The third-order valence-electron chi connectivity index (χ3n) is 17.7. The first-order chi connectivity index (χ1) is 49.7. The number of aliphatic hydroxyl groups excluding tert-OH is 1. The summed E-state index contributed by atoms with van der Waals surface area (Å²) in [7, 11) is -9.96.